The van der Waals surface area contributed by atoms with Crippen LogP contribution in [0.5, 0.6) is 0 Å². The van der Waals surface area contributed by atoms with Crippen LogP contribution in [0.1, 0.15) is 44.1 Å². The van der Waals surface area contributed by atoms with Gasteiger partial charge in [0, 0.05) is 16.3 Å². The van der Waals surface area contributed by atoms with Crippen LogP contribution in [-0.2, 0) is 35.8 Å². The SMILES string of the molecule is O=C(OCc1cc(I)cc(I)c1I)C12CC3CC(C1)CC(C(=O)OC(CS(=O)(=O)O)C(F)(F)F)(C3)C2. The van der Waals surface area contributed by atoms with E-state index in [1.165, 1.54) is 0 Å². The first-order valence-corrected chi connectivity index (χ1v) is 15.9. The van der Waals surface area contributed by atoms with Gasteiger partial charge >= 0.3 is 18.1 Å². The molecule has 3 atom stereocenters. The van der Waals surface area contributed by atoms with Crippen molar-refractivity contribution >= 4 is 89.8 Å². The lowest BCUT2D eigenvalue weighted by Crippen LogP contribution is -2.59. The van der Waals surface area contributed by atoms with E-state index in [4.69, 9.17) is 14.0 Å². The van der Waals surface area contributed by atoms with Gasteiger partial charge in [0.1, 0.15) is 12.4 Å². The van der Waals surface area contributed by atoms with E-state index in [1.54, 1.807) is 0 Å². The molecule has 4 aliphatic rings. The molecule has 14 heteroatoms. The minimum atomic E-state index is -5.17. The molecule has 0 radical (unpaired) electrons. The van der Waals surface area contributed by atoms with E-state index < -0.39 is 50.9 Å². The van der Waals surface area contributed by atoms with Gasteiger partial charge in [-0.25, -0.2) is 0 Å². The minimum Gasteiger partial charge on any atom is -0.460 e. The molecule has 36 heavy (non-hydrogen) atoms. The second-order valence-corrected chi connectivity index (χ2v) is 15.1. The molecule has 4 aliphatic carbocycles. The van der Waals surface area contributed by atoms with Crippen LogP contribution in [0.25, 0.3) is 0 Å². The summed E-state index contributed by atoms with van der Waals surface area (Å²) >= 11 is 6.56. The fourth-order valence-electron chi connectivity index (χ4n) is 6.39. The number of carbonyl (C=O) groups excluding carboxylic acids is 2. The van der Waals surface area contributed by atoms with Crippen LogP contribution in [0.2, 0.25) is 0 Å². The van der Waals surface area contributed by atoms with Gasteiger partial charge in [-0.2, -0.15) is 21.6 Å². The van der Waals surface area contributed by atoms with Crippen molar-refractivity contribution in [2.24, 2.45) is 22.7 Å². The van der Waals surface area contributed by atoms with Gasteiger partial charge in [0.2, 0.25) is 6.10 Å². The van der Waals surface area contributed by atoms with E-state index in [1.807, 2.05) is 12.1 Å². The zero-order chi connectivity index (χ0) is 26.7. The van der Waals surface area contributed by atoms with Crippen LogP contribution >= 0.6 is 67.8 Å². The van der Waals surface area contributed by atoms with Gasteiger partial charge in [0.25, 0.3) is 10.1 Å². The second-order valence-electron chi connectivity index (χ2n) is 10.1. The summed E-state index contributed by atoms with van der Waals surface area (Å²) < 4.78 is 84.8. The van der Waals surface area contributed by atoms with Crippen molar-refractivity contribution in [2.45, 2.75) is 57.4 Å². The highest BCUT2D eigenvalue weighted by Gasteiger charge is 2.65. The summed E-state index contributed by atoms with van der Waals surface area (Å²) in [7, 11) is -5.05. The van der Waals surface area contributed by atoms with Crippen molar-refractivity contribution in [1.29, 1.82) is 0 Å². The summed E-state index contributed by atoms with van der Waals surface area (Å²) in [6.45, 7) is 0.0446. The lowest BCUT2D eigenvalue weighted by Gasteiger charge is -2.59. The van der Waals surface area contributed by atoms with E-state index in [0.717, 1.165) is 22.7 Å². The van der Waals surface area contributed by atoms with Crippen LogP contribution in [0, 0.1) is 33.4 Å². The van der Waals surface area contributed by atoms with Gasteiger partial charge in [-0.05, 0) is 130 Å². The molecular weight excluding hydrogens is 846 g/mol. The number of carbonyl (C=O) groups is 2. The predicted molar refractivity (Wildman–Crippen MR) is 146 cm³/mol. The Bertz CT molecular complexity index is 1170. The van der Waals surface area contributed by atoms with Crippen molar-refractivity contribution in [2.75, 3.05) is 5.75 Å². The first-order valence-electron chi connectivity index (χ1n) is 11.1. The topological polar surface area (TPSA) is 107 Å². The van der Waals surface area contributed by atoms with Gasteiger partial charge in [-0.3, -0.25) is 14.1 Å². The molecule has 3 unspecified atom stereocenters. The van der Waals surface area contributed by atoms with Crippen LogP contribution in [0.3, 0.4) is 0 Å². The minimum absolute atomic E-state index is 0.00205. The van der Waals surface area contributed by atoms with E-state index in [-0.39, 0.29) is 37.7 Å². The highest BCUT2D eigenvalue weighted by atomic mass is 127. The molecule has 0 spiro atoms. The molecule has 200 valence electrons. The fraction of sp³-hybridized carbons (Fsp3) is 0.636. The Morgan fingerprint density at radius 1 is 1.06 bits per heavy atom. The zero-order valence-corrected chi connectivity index (χ0v) is 25.9. The number of esters is 2. The summed E-state index contributed by atoms with van der Waals surface area (Å²) in [4.78, 5) is 26.6. The Kier molecular flexibility index (Phi) is 8.25. The molecule has 0 amide bonds. The molecule has 0 aliphatic heterocycles. The number of hydrogen-bond donors (Lipinski definition) is 1. The summed E-state index contributed by atoms with van der Waals surface area (Å²) in [6, 6.07) is 3.92. The lowest BCUT2D eigenvalue weighted by molar-refractivity contribution is -0.231. The Balaban J connectivity index is 1.54. The Morgan fingerprint density at radius 3 is 2.14 bits per heavy atom. The van der Waals surface area contributed by atoms with Gasteiger partial charge in [0.15, 0.2) is 0 Å². The molecule has 1 aromatic rings. The van der Waals surface area contributed by atoms with Crippen molar-refractivity contribution in [3.05, 3.63) is 28.4 Å². The third kappa shape index (κ3) is 6.11. The largest absolute Gasteiger partial charge is 0.460 e. The third-order valence-corrected chi connectivity index (χ3v) is 11.8. The van der Waals surface area contributed by atoms with E-state index in [2.05, 4.69) is 67.8 Å². The number of halogens is 6. The predicted octanol–water partition coefficient (Wildman–Crippen LogP) is 5.49. The Hall–Kier alpha value is 0.0500. The number of ether oxygens (including phenoxy) is 2. The normalized spacial score (nSPS) is 30.2. The Labute approximate surface area is 247 Å². The van der Waals surface area contributed by atoms with E-state index >= 15 is 0 Å². The van der Waals surface area contributed by atoms with Crippen LogP contribution in [-0.4, -0.2) is 42.9 Å². The Morgan fingerprint density at radius 2 is 1.61 bits per heavy atom. The lowest BCUT2D eigenvalue weighted by atomic mass is 9.44. The highest BCUT2D eigenvalue weighted by Crippen LogP contribution is 2.66. The van der Waals surface area contributed by atoms with E-state index in [9.17, 15) is 31.2 Å². The summed E-state index contributed by atoms with van der Waals surface area (Å²) in [5.74, 6) is -3.50. The van der Waals surface area contributed by atoms with Crippen LogP contribution < -0.4 is 0 Å². The molecule has 4 fully saturated rings. The van der Waals surface area contributed by atoms with Crippen molar-refractivity contribution in [3.8, 4) is 0 Å². The van der Waals surface area contributed by atoms with Crippen molar-refractivity contribution < 1.29 is 45.2 Å². The van der Waals surface area contributed by atoms with Crippen molar-refractivity contribution in [1.82, 2.24) is 0 Å². The average molecular weight is 868 g/mol. The molecule has 7 nitrogen and oxygen atoms in total. The molecule has 1 aromatic carbocycles. The standard InChI is InChI=1S/C22H22F3I3O7S/c23-22(24,25)16(9-36(31,32)33)35-19(30)21-6-11-1-12(7-21)5-20(4-11,10-21)18(29)34-8-13-2-14(26)3-15(27)17(13)28/h2-3,11-12,16H,1,4-10H2,(H,31,32,33). The molecule has 5 rings (SSSR count). The fourth-order valence-corrected chi connectivity index (χ4v) is 9.46. The average Bonchev–Trinajstić information content (AvgIpc) is 2.72. The molecule has 1 N–H and O–H groups in total. The highest BCUT2D eigenvalue weighted by molar-refractivity contribution is 14.1. The first-order chi connectivity index (χ1) is 16.5. The smallest absolute Gasteiger partial charge is 0.426 e. The van der Waals surface area contributed by atoms with E-state index in [0.29, 0.717) is 12.8 Å². The number of benzene rings is 1. The summed E-state index contributed by atoms with van der Waals surface area (Å²) in [5.41, 5.74) is -1.48. The maximum Gasteiger partial charge on any atom is 0.426 e. The first kappa shape index (κ1) is 29.0. The molecule has 0 heterocycles. The van der Waals surface area contributed by atoms with Gasteiger partial charge < -0.3 is 9.47 Å². The second kappa shape index (κ2) is 10.2. The molecule has 4 saturated carbocycles. The summed E-state index contributed by atoms with van der Waals surface area (Å²) in [5, 5.41) is 0. The van der Waals surface area contributed by atoms with Gasteiger partial charge in [-0.1, -0.05) is 0 Å². The van der Waals surface area contributed by atoms with Gasteiger partial charge in [0.05, 0.1) is 10.8 Å². The maximum absolute atomic E-state index is 13.4. The quantitative estimate of drug-likeness (QED) is 0.167. The maximum atomic E-state index is 13.4. The monoisotopic (exact) mass is 868 g/mol. The number of hydrogen-bond acceptors (Lipinski definition) is 6. The molecular formula is C22H22F3I3O7S. The van der Waals surface area contributed by atoms with Gasteiger partial charge in [-0.15, -0.1) is 0 Å². The molecule has 0 saturated heterocycles. The number of rotatable bonds is 7. The molecule has 4 bridgehead atoms. The molecule has 0 aromatic heterocycles. The van der Waals surface area contributed by atoms with Crippen LogP contribution in [0.15, 0.2) is 12.1 Å². The van der Waals surface area contributed by atoms with Crippen molar-refractivity contribution in [3.63, 3.8) is 0 Å². The zero-order valence-electron chi connectivity index (χ0n) is 18.6. The number of alkyl halides is 3. The van der Waals surface area contributed by atoms with Crippen LogP contribution in [0.4, 0.5) is 13.2 Å². The third-order valence-electron chi connectivity index (χ3n) is 7.33. The summed E-state index contributed by atoms with van der Waals surface area (Å²) in [6.07, 6.45) is -5.85.